The Kier molecular flexibility index (Phi) is 3.70. The Morgan fingerprint density at radius 2 is 2.05 bits per heavy atom. The molecule has 7 heteroatoms. The number of carboxylic acids is 1. The van der Waals surface area contributed by atoms with Gasteiger partial charge >= 0.3 is 5.97 Å². The number of halogens is 3. The number of aromatic nitrogens is 1. The van der Waals surface area contributed by atoms with Gasteiger partial charge in [0, 0.05) is 16.1 Å². The number of aromatic carboxylic acids is 1. The molecule has 4 nitrogen and oxygen atoms in total. The van der Waals surface area contributed by atoms with Crippen LogP contribution in [0.4, 0.5) is 10.1 Å². The van der Waals surface area contributed by atoms with E-state index in [0.29, 0.717) is 10.6 Å². The van der Waals surface area contributed by atoms with E-state index in [9.17, 15) is 9.18 Å². The lowest BCUT2D eigenvalue weighted by Gasteiger charge is -2.11. The summed E-state index contributed by atoms with van der Waals surface area (Å²) >= 11 is 11.9. The van der Waals surface area contributed by atoms with Crippen molar-refractivity contribution in [2.75, 3.05) is 5.73 Å². The van der Waals surface area contributed by atoms with Gasteiger partial charge in [0.15, 0.2) is 5.69 Å². The summed E-state index contributed by atoms with van der Waals surface area (Å²) in [5, 5.41) is 9.32. The highest BCUT2D eigenvalue weighted by atomic mass is 35.5. The van der Waals surface area contributed by atoms with Crippen LogP contribution in [-0.4, -0.2) is 16.1 Å². The third-order valence-electron chi connectivity index (χ3n) is 3.58. The van der Waals surface area contributed by atoms with E-state index in [1.807, 2.05) is 0 Å². The normalized spacial score (nSPS) is 14.1. The van der Waals surface area contributed by atoms with Gasteiger partial charge in [0.2, 0.25) is 0 Å². The zero-order valence-electron chi connectivity index (χ0n) is 11.2. The second-order valence-electron chi connectivity index (χ2n) is 5.16. The molecule has 1 saturated carbocycles. The first kappa shape index (κ1) is 15.1. The van der Waals surface area contributed by atoms with E-state index in [2.05, 4.69) is 4.98 Å². The minimum atomic E-state index is -1.32. The molecule has 0 amide bonds. The van der Waals surface area contributed by atoms with Crippen LogP contribution in [0.5, 0.6) is 0 Å². The Balaban J connectivity index is 2.20. The molecule has 3 N–H and O–H groups in total. The van der Waals surface area contributed by atoms with Gasteiger partial charge in [0.05, 0.1) is 16.4 Å². The lowest BCUT2D eigenvalue weighted by atomic mass is 10.0. The third kappa shape index (κ3) is 2.51. The Labute approximate surface area is 135 Å². The highest BCUT2D eigenvalue weighted by molar-refractivity contribution is 6.35. The number of benzene rings is 1. The van der Waals surface area contributed by atoms with E-state index >= 15 is 0 Å². The van der Waals surface area contributed by atoms with Crippen LogP contribution in [0.2, 0.25) is 10.0 Å². The van der Waals surface area contributed by atoms with Crippen molar-refractivity contribution >= 4 is 34.9 Å². The zero-order valence-corrected chi connectivity index (χ0v) is 12.7. The summed E-state index contributed by atoms with van der Waals surface area (Å²) in [6.07, 6.45) is 1.77. The van der Waals surface area contributed by atoms with Crippen LogP contribution in [0.15, 0.2) is 18.2 Å². The molecule has 1 heterocycles. The summed E-state index contributed by atoms with van der Waals surface area (Å²) in [4.78, 5) is 15.1. The molecule has 0 unspecified atom stereocenters. The van der Waals surface area contributed by atoms with Crippen molar-refractivity contribution < 1.29 is 14.3 Å². The quantitative estimate of drug-likeness (QED) is 0.870. The van der Waals surface area contributed by atoms with Crippen LogP contribution in [-0.2, 0) is 0 Å². The molecule has 0 aliphatic heterocycles. The van der Waals surface area contributed by atoms with Crippen LogP contribution in [0.25, 0.3) is 11.3 Å². The molecule has 0 radical (unpaired) electrons. The molecule has 0 saturated heterocycles. The summed E-state index contributed by atoms with van der Waals surface area (Å²) < 4.78 is 14.7. The fourth-order valence-corrected chi connectivity index (χ4v) is 2.82. The molecule has 2 aromatic rings. The Hall–Kier alpha value is -1.85. The first-order chi connectivity index (χ1) is 10.4. The van der Waals surface area contributed by atoms with E-state index in [1.54, 1.807) is 6.07 Å². The van der Waals surface area contributed by atoms with E-state index < -0.39 is 17.5 Å². The van der Waals surface area contributed by atoms with Crippen molar-refractivity contribution in [1.82, 2.24) is 4.98 Å². The fourth-order valence-electron chi connectivity index (χ4n) is 2.34. The van der Waals surface area contributed by atoms with Crippen LogP contribution in [0, 0.1) is 5.82 Å². The van der Waals surface area contributed by atoms with Crippen LogP contribution in [0.1, 0.15) is 34.8 Å². The van der Waals surface area contributed by atoms with Crippen LogP contribution < -0.4 is 5.73 Å². The third-order valence-corrected chi connectivity index (χ3v) is 4.30. The van der Waals surface area contributed by atoms with Crippen molar-refractivity contribution in [2.24, 2.45) is 0 Å². The monoisotopic (exact) mass is 340 g/mol. The summed E-state index contributed by atoms with van der Waals surface area (Å²) in [5.74, 6) is -1.70. The van der Waals surface area contributed by atoms with Gasteiger partial charge in [0.25, 0.3) is 0 Å². The second kappa shape index (κ2) is 5.41. The number of pyridine rings is 1. The average Bonchev–Trinajstić information content (AvgIpc) is 3.26. The van der Waals surface area contributed by atoms with E-state index in [-0.39, 0.29) is 27.9 Å². The molecule has 3 rings (SSSR count). The molecule has 1 aromatic heterocycles. The maximum Gasteiger partial charge on any atom is 0.356 e. The summed E-state index contributed by atoms with van der Waals surface area (Å²) in [7, 11) is 0. The topological polar surface area (TPSA) is 76.2 Å². The van der Waals surface area contributed by atoms with E-state index in [0.717, 1.165) is 12.8 Å². The number of rotatable bonds is 3. The minimum Gasteiger partial charge on any atom is -0.476 e. The standard InChI is InChI=1S/C15H11Cl2FN2O2/c16-8-4-3-7(13(18)11(8)6-1-2-6)10-5-9(19)12(17)14(20-10)15(21)22/h3-6H,1-2H2,(H2,19,20)(H,21,22). The highest BCUT2D eigenvalue weighted by Gasteiger charge is 2.30. The summed E-state index contributed by atoms with van der Waals surface area (Å²) in [5.41, 5.74) is 6.07. The van der Waals surface area contributed by atoms with Crippen molar-refractivity contribution in [3.8, 4) is 11.3 Å². The lowest BCUT2D eigenvalue weighted by Crippen LogP contribution is -2.06. The largest absolute Gasteiger partial charge is 0.476 e. The van der Waals surface area contributed by atoms with Gasteiger partial charge < -0.3 is 10.8 Å². The molecule has 1 fully saturated rings. The smallest absolute Gasteiger partial charge is 0.356 e. The molecule has 1 aromatic carbocycles. The molecular weight excluding hydrogens is 330 g/mol. The molecule has 0 spiro atoms. The molecule has 0 atom stereocenters. The zero-order chi connectivity index (χ0) is 16.0. The number of hydrogen-bond donors (Lipinski definition) is 2. The van der Waals surface area contributed by atoms with E-state index in [4.69, 9.17) is 34.0 Å². The van der Waals surface area contributed by atoms with Gasteiger partial charge in [-0.3, -0.25) is 0 Å². The number of nitrogens with zero attached hydrogens (tertiary/aromatic N) is 1. The number of carboxylic acid groups (broad SMARTS) is 1. The number of anilines is 1. The van der Waals surface area contributed by atoms with Crippen molar-refractivity contribution in [1.29, 1.82) is 0 Å². The van der Waals surface area contributed by atoms with Gasteiger partial charge in [-0.25, -0.2) is 14.2 Å². The van der Waals surface area contributed by atoms with E-state index in [1.165, 1.54) is 12.1 Å². The predicted octanol–water partition coefficient (Wildman–Crippen LogP) is 4.35. The second-order valence-corrected chi connectivity index (χ2v) is 5.95. The SMILES string of the molecule is Nc1cc(-c2ccc(Cl)c(C3CC3)c2F)nc(C(=O)O)c1Cl. The maximum absolute atomic E-state index is 14.7. The average molecular weight is 341 g/mol. The molecular formula is C15H11Cl2FN2O2. The number of nitrogens with two attached hydrogens (primary N) is 1. The molecule has 114 valence electrons. The molecule has 1 aliphatic rings. The lowest BCUT2D eigenvalue weighted by molar-refractivity contribution is 0.0691. The Morgan fingerprint density at radius 1 is 1.36 bits per heavy atom. The van der Waals surface area contributed by atoms with Gasteiger partial charge in [-0.05, 0) is 37.0 Å². The Bertz CT molecular complexity index is 792. The minimum absolute atomic E-state index is 0.0337. The summed E-state index contributed by atoms with van der Waals surface area (Å²) in [6.45, 7) is 0. The first-order valence-electron chi connectivity index (χ1n) is 6.57. The number of nitrogen functional groups attached to an aromatic ring is 1. The van der Waals surface area contributed by atoms with Gasteiger partial charge in [-0.15, -0.1) is 0 Å². The van der Waals surface area contributed by atoms with Crippen LogP contribution in [0.3, 0.4) is 0 Å². The van der Waals surface area contributed by atoms with Crippen molar-refractivity contribution in [2.45, 2.75) is 18.8 Å². The molecule has 0 bridgehead atoms. The van der Waals surface area contributed by atoms with Gasteiger partial charge in [-0.2, -0.15) is 0 Å². The molecule has 1 aliphatic carbocycles. The maximum atomic E-state index is 14.7. The fraction of sp³-hybridized carbons (Fsp3) is 0.200. The van der Waals surface area contributed by atoms with Gasteiger partial charge in [0.1, 0.15) is 5.82 Å². The number of hydrogen-bond acceptors (Lipinski definition) is 3. The van der Waals surface area contributed by atoms with Crippen molar-refractivity contribution in [3.05, 3.63) is 45.3 Å². The van der Waals surface area contributed by atoms with Crippen LogP contribution >= 0.6 is 23.2 Å². The highest BCUT2D eigenvalue weighted by Crippen LogP contribution is 2.46. The van der Waals surface area contributed by atoms with Crippen molar-refractivity contribution in [3.63, 3.8) is 0 Å². The summed E-state index contributed by atoms with van der Waals surface area (Å²) in [6, 6.07) is 4.41. The number of carbonyl (C=O) groups is 1. The predicted molar refractivity (Wildman–Crippen MR) is 83.0 cm³/mol. The molecule has 22 heavy (non-hydrogen) atoms. The Morgan fingerprint density at radius 3 is 2.64 bits per heavy atom. The van der Waals surface area contributed by atoms with Gasteiger partial charge in [-0.1, -0.05) is 23.2 Å². The first-order valence-corrected chi connectivity index (χ1v) is 7.33.